The number of esters is 1. The van der Waals surface area contributed by atoms with Crippen molar-refractivity contribution < 1.29 is 14.3 Å². The fraction of sp³-hybridized carbons (Fsp3) is 0.391. The fourth-order valence-electron chi connectivity index (χ4n) is 2.49. The van der Waals surface area contributed by atoms with E-state index in [1.165, 1.54) is 9.26 Å². The summed E-state index contributed by atoms with van der Waals surface area (Å²) in [6.45, 7) is 10.8. The molecule has 2 aromatic carbocycles. The monoisotopic (exact) mass is 636 g/mol. The Kier molecular flexibility index (Phi) is 11.7. The van der Waals surface area contributed by atoms with Gasteiger partial charge in [-0.05, 0) is 128 Å². The van der Waals surface area contributed by atoms with Crippen molar-refractivity contribution in [2.45, 2.75) is 46.6 Å². The number of halogens is 2. The summed E-state index contributed by atoms with van der Waals surface area (Å²) in [6, 6.07) is 16.0. The molecule has 1 N–H and O–H groups in total. The van der Waals surface area contributed by atoms with Crippen LogP contribution in [0.5, 0.6) is 0 Å². The van der Waals surface area contributed by atoms with Gasteiger partial charge in [0.2, 0.25) is 5.91 Å². The van der Waals surface area contributed by atoms with Crippen molar-refractivity contribution >= 4 is 68.4 Å². The molecule has 1 amide bonds. The Hall–Kier alpha value is -1.36. The maximum Gasteiger partial charge on any atom is 0.315 e. The molecular weight excluding hydrogens is 606 g/mol. The Balaban J connectivity index is 0.000000375. The maximum absolute atomic E-state index is 12.2. The molecule has 0 heterocycles. The van der Waals surface area contributed by atoms with Crippen LogP contribution in [0.1, 0.15) is 41.0 Å². The number of amides is 1. The summed E-state index contributed by atoms with van der Waals surface area (Å²) in [5.74, 6) is -0.741. The number of benzene rings is 2. The van der Waals surface area contributed by atoms with E-state index in [1.807, 2.05) is 31.2 Å². The highest BCUT2D eigenvalue weighted by Gasteiger charge is 2.22. The Labute approximate surface area is 207 Å². The van der Waals surface area contributed by atoms with Gasteiger partial charge in [-0.15, -0.1) is 0 Å². The minimum Gasteiger partial charge on any atom is -0.460 e. The molecule has 0 atom stereocenters. The quantitative estimate of drug-likeness (QED) is 0.237. The maximum atomic E-state index is 12.2. The van der Waals surface area contributed by atoms with Gasteiger partial charge in [0.15, 0.2) is 0 Å². The van der Waals surface area contributed by atoms with Gasteiger partial charge >= 0.3 is 5.97 Å². The third-order valence-corrected chi connectivity index (χ3v) is 5.13. The standard InChI is InChI=1S/C15H20INO3.C8H10IN/c1-5-17(12-8-6-11(16)7-9-12)13(18)10-14(19)20-15(2,3)4;1-2-10-8-5-3-7(9)4-6-8/h6-9H,5,10H2,1-4H3;3-6,10H,2H2,1H3. The molecule has 2 aromatic rings. The van der Waals surface area contributed by atoms with Gasteiger partial charge in [-0.1, -0.05) is 0 Å². The average Bonchev–Trinajstić information content (AvgIpc) is 2.65. The number of rotatable bonds is 6. The highest BCUT2D eigenvalue weighted by Crippen LogP contribution is 2.18. The van der Waals surface area contributed by atoms with Crippen LogP contribution in [0, 0.1) is 7.14 Å². The third-order valence-electron chi connectivity index (χ3n) is 3.70. The van der Waals surface area contributed by atoms with E-state index >= 15 is 0 Å². The number of hydrogen-bond donors (Lipinski definition) is 1. The van der Waals surface area contributed by atoms with E-state index in [1.54, 1.807) is 25.7 Å². The minimum atomic E-state index is -0.572. The smallest absolute Gasteiger partial charge is 0.315 e. The van der Waals surface area contributed by atoms with Crippen LogP contribution in [0.15, 0.2) is 48.5 Å². The second-order valence-corrected chi connectivity index (χ2v) is 9.91. The van der Waals surface area contributed by atoms with Crippen LogP contribution in [-0.4, -0.2) is 30.6 Å². The van der Waals surface area contributed by atoms with E-state index in [-0.39, 0.29) is 12.3 Å². The number of nitrogens with zero attached hydrogens (tertiary/aromatic N) is 1. The molecule has 0 bridgehead atoms. The second-order valence-electron chi connectivity index (χ2n) is 7.41. The van der Waals surface area contributed by atoms with E-state index in [0.717, 1.165) is 15.8 Å². The van der Waals surface area contributed by atoms with Crippen LogP contribution in [0.4, 0.5) is 11.4 Å². The SMILES string of the molecule is CCN(C(=O)CC(=O)OC(C)(C)C)c1ccc(I)cc1.CCNc1ccc(I)cc1. The second kappa shape index (κ2) is 13.1. The van der Waals surface area contributed by atoms with E-state index < -0.39 is 11.6 Å². The molecule has 7 heteroatoms. The number of nitrogens with one attached hydrogen (secondary N) is 1. The zero-order valence-corrected chi connectivity index (χ0v) is 22.5. The number of hydrogen-bond acceptors (Lipinski definition) is 4. The molecule has 0 aromatic heterocycles. The lowest BCUT2D eigenvalue weighted by molar-refractivity contribution is -0.156. The Bertz CT molecular complexity index is 801. The average molecular weight is 636 g/mol. The first kappa shape index (κ1) is 26.7. The largest absolute Gasteiger partial charge is 0.460 e. The van der Waals surface area contributed by atoms with Gasteiger partial charge in [0.05, 0.1) is 0 Å². The zero-order chi connectivity index (χ0) is 22.7. The first-order valence-corrected chi connectivity index (χ1v) is 12.0. The molecule has 0 aliphatic carbocycles. The van der Waals surface area contributed by atoms with Gasteiger partial charge in [-0.25, -0.2) is 0 Å². The van der Waals surface area contributed by atoms with Crippen LogP contribution in [0.3, 0.4) is 0 Å². The molecule has 0 saturated carbocycles. The number of anilines is 2. The molecule has 5 nitrogen and oxygen atoms in total. The van der Waals surface area contributed by atoms with Gasteiger partial charge < -0.3 is 15.0 Å². The molecule has 0 spiro atoms. The van der Waals surface area contributed by atoms with Crippen molar-refractivity contribution in [3.05, 3.63) is 55.7 Å². The molecule has 0 aliphatic heterocycles. The molecule has 0 unspecified atom stereocenters. The summed E-state index contributed by atoms with van der Waals surface area (Å²) < 4.78 is 7.55. The van der Waals surface area contributed by atoms with Crippen LogP contribution in [-0.2, 0) is 14.3 Å². The first-order valence-electron chi connectivity index (χ1n) is 9.83. The van der Waals surface area contributed by atoms with Gasteiger partial charge in [0.25, 0.3) is 0 Å². The van der Waals surface area contributed by atoms with E-state index in [9.17, 15) is 9.59 Å². The molecular formula is C23H30I2N2O3. The van der Waals surface area contributed by atoms with Gasteiger partial charge in [-0.2, -0.15) is 0 Å². The number of ether oxygens (including phenoxy) is 1. The number of carbonyl (C=O) groups is 2. The van der Waals surface area contributed by atoms with Gasteiger partial charge in [-0.3, -0.25) is 9.59 Å². The van der Waals surface area contributed by atoms with Crippen molar-refractivity contribution in [1.29, 1.82) is 0 Å². The van der Waals surface area contributed by atoms with Crippen LogP contribution in [0.25, 0.3) is 0 Å². The highest BCUT2D eigenvalue weighted by molar-refractivity contribution is 14.1. The van der Waals surface area contributed by atoms with Crippen molar-refractivity contribution in [3.8, 4) is 0 Å². The van der Waals surface area contributed by atoms with Gasteiger partial charge in [0, 0.05) is 31.6 Å². The van der Waals surface area contributed by atoms with E-state index in [2.05, 4.69) is 81.7 Å². The third kappa shape index (κ3) is 10.6. The minimum absolute atomic E-state index is 0.239. The molecule has 0 saturated heterocycles. The van der Waals surface area contributed by atoms with Crippen molar-refractivity contribution in [3.63, 3.8) is 0 Å². The van der Waals surface area contributed by atoms with Crippen molar-refractivity contribution in [2.75, 3.05) is 23.3 Å². The molecule has 2 rings (SSSR count). The van der Waals surface area contributed by atoms with Crippen molar-refractivity contribution in [2.24, 2.45) is 0 Å². The summed E-state index contributed by atoms with van der Waals surface area (Å²) in [5.41, 5.74) is 1.42. The Morgan fingerprint density at radius 3 is 1.87 bits per heavy atom. The van der Waals surface area contributed by atoms with E-state index in [4.69, 9.17) is 4.74 Å². The molecule has 0 radical (unpaired) electrons. The number of carbonyl (C=O) groups excluding carboxylic acids is 2. The molecule has 0 fully saturated rings. The summed E-state index contributed by atoms with van der Waals surface area (Å²) in [5, 5.41) is 3.23. The molecule has 0 aliphatic rings. The Morgan fingerprint density at radius 2 is 1.43 bits per heavy atom. The first-order chi connectivity index (χ1) is 14.1. The summed E-state index contributed by atoms with van der Waals surface area (Å²) in [6.07, 6.45) is -0.239. The van der Waals surface area contributed by atoms with Crippen LogP contribution < -0.4 is 10.2 Å². The molecule has 30 heavy (non-hydrogen) atoms. The zero-order valence-electron chi connectivity index (χ0n) is 18.2. The topological polar surface area (TPSA) is 58.6 Å². The van der Waals surface area contributed by atoms with Crippen molar-refractivity contribution in [1.82, 2.24) is 0 Å². The van der Waals surface area contributed by atoms with E-state index in [0.29, 0.717) is 6.54 Å². The highest BCUT2D eigenvalue weighted by atomic mass is 127. The lowest BCUT2D eigenvalue weighted by Gasteiger charge is -2.23. The lowest BCUT2D eigenvalue weighted by Crippen LogP contribution is -2.34. The summed E-state index contributed by atoms with van der Waals surface area (Å²) in [4.78, 5) is 25.5. The summed E-state index contributed by atoms with van der Waals surface area (Å²) in [7, 11) is 0. The normalized spacial score (nSPS) is 10.5. The van der Waals surface area contributed by atoms with Gasteiger partial charge in [0.1, 0.15) is 12.0 Å². The predicted molar refractivity (Wildman–Crippen MR) is 141 cm³/mol. The summed E-state index contributed by atoms with van der Waals surface area (Å²) >= 11 is 4.50. The fourth-order valence-corrected chi connectivity index (χ4v) is 3.21. The molecule has 164 valence electrons. The lowest BCUT2D eigenvalue weighted by atomic mass is 10.2. The Morgan fingerprint density at radius 1 is 0.933 bits per heavy atom. The van der Waals surface area contributed by atoms with Crippen LogP contribution in [0.2, 0.25) is 0 Å². The predicted octanol–water partition coefficient (Wildman–Crippen LogP) is 6.10. The van der Waals surface area contributed by atoms with Crippen LogP contribution >= 0.6 is 45.2 Å².